The molecule has 2 heterocycles. The van der Waals surface area contributed by atoms with Crippen molar-refractivity contribution in [3.05, 3.63) is 35.5 Å². The van der Waals surface area contributed by atoms with Crippen LogP contribution >= 0.6 is 11.8 Å². The highest BCUT2D eigenvalue weighted by Gasteiger charge is 2.24. The number of nitrogens with zero attached hydrogens (tertiary/aromatic N) is 1. The van der Waals surface area contributed by atoms with Gasteiger partial charge in [0.2, 0.25) is 5.69 Å². The number of fused-ring (bicyclic) bond motifs is 2. The quantitative estimate of drug-likeness (QED) is 0.477. The van der Waals surface area contributed by atoms with Crippen molar-refractivity contribution < 1.29 is 14.7 Å². The zero-order chi connectivity index (χ0) is 11.8. The van der Waals surface area contributed by atoms with E-state index in [1.807, 2.05) is 18.4 Å². The van der Waals surface area contributed by atoms with Crippen LogP contribution in [0.3, 0.4) is 0 Å². The van der Waals surface area contributed by atoms with Gasteiger partial charge in [0, 0.05) is 15.7 Å². The lowest BCUT2D eigenvalue weighted by Crippen LogP contribution is -2.39. The first-order valence-electron chi connectivity index (χ1n) is 5.61. The highest BCUT2D eigenvalue weighted by Crippen LogP contribution is 2.23. The number of thioether (sulfide) groups is 1. The van der Waals surface area contributed by atoms with Crippen molar-refractivity contribution in [2.45, 2.75) is 17.9 Å². The van der Waals surface area contributed by atoms with Crippen molar-refractivity contribution in [3.63, 3.8) is 0 Å². The fourth-order valence-electron chi connectivity index (χ4n) is 2.25. The molecule has 0 spiro atoms. The first-order valence-corrected chi connectivity index (χ1v) is 6.83. The predicted octanol–water partition coefficient (Wildman–Crippen LogP) is 2.16. The molecule has 0 atom stereocenters. The van der Waals surface area contributed by atoms with Gasteiger partial charge >= 0.3 is 0 Å². The number of aromatic nitrogens is 1. The Morgan fingerprint density at radius 2 is 2.24 bits per heavy atom. The monoisotopic (exact) mass is 248 g/mol. The molecule has 88 valence electrons. The summed E-state index contributed by atoms with van der Waals surface area (Å²) in [5.74, 6) is 0. The lowest BCUT2D eigenvalue weighted by molar-refractivity contribution is -0.890. The molecule has 0 saturated heterocycles. The molecule has 1 aliphatic heterocycles. The highest BCUT2D eigenvalue weighted by molar-refractivity contribution is 7.98. The summed E-state index contributed by atoms with van der Waals surface area (Å²) in [7, 11) is 0. The van der Waals surface area contributed by atoms with Crippen LogP contribution in [0.2, 0.25) is 0 Å². The second-order valence-corrected chi connectivity index (χ2v) is 5.04. The lowest BCUT2D eigenvalue weighted by atomic mass is 10.1. The van der Waals surface area contributed by atoms with Crippen molar-refractivity contribution in [2.24, 2.45) is 0 Å². The minimum atomic E-state index is 0.593. The second-order valence-electron chi connectivity index (χ2n) is 4.16. The Kier molecular flexibility index (Phi) is 2.68. The van der Waals surface area contributed by atoms with Gasteiger partial charge in [-0.15, -0.1) is 11.8 Å². The van der Waals surface area contributed by atoms with E-state index in [0.29, 0.717) is 13.2 Å². The smallest absolute Gasteiger partial charge is 0.265 e. The van der Waals surface area contributed by atoms with Gasteiger partial charge in [0.1, 0.15) is 0 Å². The molecule has 0 fully saturated rings. The Labute approximate surface area is 104 Å². The van der Waals surface area contributed by atoms with Crippen LogP contribution in [0.4, 0.5) is 0 Å². The first kappa shape index (κ1) is 10.9. The van der Waals surface area contributed by atoms with Gasteiger partial charge in [0.15, 0.2) is 0 Å². The van der Waals surface area contributed by atoms with E-state index in [-0.39, 0.29) is 0 Å². The standard InChI is InChI=1S/C13H14NO2S/c1-17-11-3-2-9-6-10-8-16-5-4-12(10)14(15)13(9)7-11/h2-3,6-7,15H,4-5,8H2,1H3/q+1. The van der Waals surface area contributed by atoms with Gasteiger partial charge in [0.05, 0.1) is 30.6 Å². The number of rotatable bonds is 1. The Bertz CT molecular complexity index is 583. The van der Waals surface area contributed by atoms with Gasteiger partial charge in [-0.05, 0) is 24.5 Å². The van der Waals surface area contributed by atoms with Crippen molar-refractivity contribution in [2.75, 3.05) is 12.9 Å². The number of ether oxygens (including phenoxy) is 1. The molecule has 1 N–H and O–H groups in total. The van der Waals surface area contributed by atoms with E-state index in [1.165, 1.54) is 4.73 Å². The first-order chi connectivity index (χ1) is 8.29. The summed E-state index contributed by atoms with van der Waals surface area (Å²) in [5.41, 5.74) is 2.93. The molecule has 0 saturated carbocycles. The zero-order valence-electron chi connectivity index (χ0n) is 9.64. The average Bonchev–Trinajstić information content (AvgIpc) is 2.39. The van der Waals surface area contributed by atoms with Crippen molar-refractivity contribution in [1.82, 2.24) is 0 Å². The van der Waals surface area contributed by atoms with Gasteiger partial charge in [-0.2, -0.15) is 0 Å². The van der Waals surface area contributed by atoms with E-state index in [9.17, 15) is 5.21 Å². The highest BCUT2D eigenvalue weighted by atomic mass is 32.2. The van der Waals surface area contributed by atoms with Gasteiger partial charge < -0.3 is 4.74 Å². The molecule has 1 aromatic heterocycles. The molecule has 17 heavy (non-hydrogen) atoms. The van der Waals surface area contributed by atoms with Crippen LogP contribution in [0.5, 0.6) is 0 Å². The maximum absolute atomic E-state index is 10.3. The maximum atomic E-state index is 10.3. The van der Waals surface area contributed by atoms with E-state index in [4.69, 9.17) is 4.74 Å². The summed E-state index contributed by atoms with van der Waals surface area (Å²) >= 11 is 1.68. The molecule has 0 radical (unpaired) electrons. The molecule has 1 aromatic carbocycles. The summed E-state index contributed by atoms with van der Waals surface area (Å²) in [6, 6.07) is 8.25. The van der Waals surface area contributed by atoms with Crippen LogP contribution in [0.15, 0.2) is 29.2 Å². The molecule has 0 aliphatic carbocycles. The average molecular weight is 248 g/mol. The molecule has 3 rings (SSSR count). The fourth-order valence-corrected chi connectivity index (χ4v) is 2.68. The van der Waals surface area contributed by atoms with Crippen LogP contribution in [0, 0.1) is 0 Å². The van der Waals surface area contributed by atoms with E-state index >= 15 is 0 Å². The summed E-state index contributed by atoms with van der Waals surface area (Å²) in [6.45, 7) is 1.28. The molecular weight excluding hydrogens is 234 g/mol. The topological polar surface area (TPSA) is 33.3 Å². The summed E-state index contributed by atoms with van der Waals surface area (Å²) in [5, 5.41) is 11.3. The van der Waals surface area contributed by atoms with Crippen LogP contribution in [0.25, 0.3) is 10.9 Å². The molecule has 2 aromatic rings. The third-order valence-corrected chi connectivity index (χ3v) is 3.89. The lowest BCUT2D eigenvalue weighted by Gasteiger charge is -2.13. The number of benzene rings is 1. The minimum Gasteiger partial charge on any atom is -0.376 e. The van der Waals surface area contributed by atoms with Crippen LogP contribution in [-0.4, -0.2) is 18.1 Å². The maximum Gasteiger partial charge on any atom is 0.265 e. The fraction of sp³-hybridized carbons (Fsp3) is 0.308. The summed E-state index contributed by atoms with van der Waals surface area (Å²) in [6.07, 6.45) is 2.81. The Hall–Kier alpha value is -1.26. The molecular formula is C13H14NO2S+. The van der Waals surface area contributed by atoms with Crippen LogP contribution < -0.4 is 4.73 Å². The Morgan fingerprint density at radius 3 is 3.06 bits per heavy atom. The summed E-state index contributed by atoms with van der Waals surface area (Å²) in [4.78, 5) is 1.16. The third kappa shape index (κ3) is 1.77. The third-order valence-electron chi connectivity index (χ3n) is 3.16. The number of hydrogen-bond acceptors (Lipinski definition) is 3. The molecule has 0 unspecified atom stereocenters. The Morgan fingerprint density at radius 1 is 1.35 bits per heavy atom. The Balaban J connectivity index is 2.28. The molecule has 0 amide bonds. The zero-order valence-corrected chi connectivity index (χ0v) is 10.5. The van der Waals surface area contributed by atoms with Gasteiger partial charge in [0.25, 0.3) is 5.52 Å². The molecule has 3 nitrogen and oxygen atoms in total. The normalized spacial score (nSPS) is 14.9. The van der Waals surface area contributed by atoms with E-state index < -0.39 is 0 Å². The van der Waals surface area contributed by atoms with Gasteiger partial charge in [-0.25, -0.2) is 0 Å². The predicted molar refractivity (Wildman–Crippen MR) is 66.5 cm³/mol. The van der Waals surface area contributed by atoms with Crippen molar-refractivity contribution in [3.8, 4) is 0 Å². The van der Waals surface area contributed by atoms with E-state index in [0.717, 1.165) is 33.5 Å². The van der Waals surface area contributed by atoms with E-state index in [2.05, 4.69) is 12.1 Å². The van der Waals surface area contributed by atoms with Gasteiger partial charge in [-0.1, -0.05) is 0 Å². The van der Waals surface area contributed by atoms with Crippen molar-refractivity contribution in [1.29, 1.82) is 0 Å². The molecule has 0 bridgehead atoms. The molecule has 1 aliphatic rings. The minimum absolute atomic E-state index is 0.593. The van der Waals surface area contributed by atoms with Crippen molar-refractivity contribution >= 4 is 22.7 Å². The number of pyridine rings is 1. The van der Waals surface area contributed by atoms with Crippen LogP contribution in [0.1, 0.15) is 11.3 Å². The number of hydrogen-bond donors (Lipinski definition) is 1. The largest absolute Gasteiger partial charge is 0.376 e. The van der Waals surface area contributed by atoms with Crippen LogP contribution in [-0.2, 0) is 17.8 Å². The van der Waals surface area contributed by atoms with Gasteiger partial charge in [-0.3, -0.25) is 5.21 Å². The SMILES string of the molecule is CSc1ccc2cc3c([n+](O)c2c1)CCOC3. The second kappa shape index (κ2) is 4.20. The molecule has 4 heteroatoms. The van der Waals surface area contributed by atoms with E-state index in [1.54, 1.807) is 11.8 Å². The summed E-state index contributed by atoms with van der Waals surface area (Å²) < 4.78 is 6.74.